The van der Waals surface area contributed by atoms with Crippen LogP contribution in [0, 0.1) is 0 Å². The van der Waals surface area contributed by atoms with Gasteiger partial charge in [-0.05, 0) is 29.8 Å². The number of nitrogens with zero attached hydrogens (tertiary/aromatic N) is 2. The summed E-state index contributed by atoms with van der Waals surface area (Å²) in [6, 6.07) is 14.7. The molecule has 0 bridgehead atoms. The number of aryl methyl sites for hydroxylation is 1. The van der Waals surface area contributed by atoms with Gasteiger partial charge in [0.15, 0.2) is 0 Å². The summed E-state index contributed by atoms with van der Waals surface area (Å²) in [5, 5.41) is 12.9. The fraction of sp³-hybridized carbons (Fsp3) is 0.118. The first-order chi connectivity index (χ1) is 10.3. The van der Waals surface area contributed by atoms with Crippen molar-refractivity contribution in [2.24, 2.45) is 7.05 Å². The number of hydrogen-bond acceptors (Lipinski definition) is 2. The molecule has 4 heteroatoms. The molecule has 0 saturated heterocycles. The molecule has 21 heavy (non-hydrogen) atoms. The molecular formula is C17H16N4. The smallest absolute Gasteiger partial charge is 0.0651 e. The summed E-state index contributed by atoms with van der Waals surface area (Å²) in [6.07, 6.45) is 4.03. The summed E-state index contributed by atoms with van der Waals surface area (Å²) in [5.74, 6) is 0. The summed E-state index contributed by atoms with van der Waals surface area (Å²) in [6.45, 7) is 0.810. The minimum Gasteiger partial charge on any atom is -0.381 e. The van der Waals surface area contributed by atoms with E-state index in [1.807, 2.05) is 12.3 Å². The molecule has 2 aromatic carbocycles. The molecule has 104 valence electrons. The SMILES string of the molecule is Cn1cc(CNc2ccc3[nH]ncc3c2)c2ccccc21. The number of para-hydroxylation sites is 1. The second kappa shape index (κ2) is 4.66. The fourth-order valence-corrected chi connectivity index (χ4v) is 2.82. The topological polar surface area (TPSA) is 45.6 Å². The van der Waals surface area contributed by atoms with E-state index < -0.39 is 0 Å². The average molecular weight is 276 g/mol. The molecular weight excluding hydrogens is 260 g/mol. The van der Waals surface area contributed by atoms with Gasteiger partial charge in [-0.1, -0.05) is 18.2 Å². The van der Waals surface area contributed by atoms with Gasteiger partial charge in [0.1, 0.15) is 0 Å². The number of aromatic amines is 1. The van der Waals surface area contributed by atoms with E-state index in [2.05, 4.69) is 69.7 Å². The third-order valence-electron chi connectivity index (χ3n) is 3.90. The third kappa shape index (κ3) is 2.05. The molecule has 4 nitrogen and oxygen atoms in total. The van der Waals surface area contributed by atoms with E-state index >= 15 is 0 Å². The highest BCUT2D eigenvalue weighted by molar-refractivity contribution is 5.84. The molecule has 2 N–H and O–H groups in total. The Bertz CT molecular complexity index is 917. The van der Waals surface area contributed by atoms with Crippen LogP contribution in [0.3, 0.4) is 0 Å². The highest BCUT2D eigenvalue weighted by atomic mass is 15.1. The summed E-state index contributed by atoms with van der Waals surface area (Å²) in [7, 11) is 2.09. The molecule has 0 amide bonds. The zero-order valence-corrected chi connectivity index (χ0v) is 11.8. The van der Waals surface area contributed by atoms with E-state index in [1.54, 1.807) is 0 Å². The molecule has 2 heterocycles. The second-order valence-electron chi connectivity index (χ2n) is 5.31. The Balaban J connectivity index is 1.63. The molecule has 2 aromatic heterocycles. The Kier molecular flexibility index (Phi) is 2.67. The first-order valence-corrected chi connectivity index (χ1v) is 7.01. The van der Waals surface area contributed by atoms with Crippen molar-refractivity contribution < 1.29 is 0 Å². The van der Waals surface area contributed by atoms with Crippen LogP contribution in [0.5, 0.6) is 0 Å². The Morgan fingerprint density at radius 2 is 2.10 bits per heavy atom. The van der Waals surface area contributed by atoms with Crippen molar-refractivity contribution in [1.82, 2.24) is 14.8 Å². The Morgan fingerprint density at radius 1 is 1.19 bits per heavy atom. The van der Waals surface area contributed by atoms with Crippen molar-refractivity contribution in [3.05, 3.63) is 60.4 Å². The standard InChI is InChI=1S/C17H16N4/c1-21-11-13(15-4-2-3-5-17(15)21)9-18-14-6-7-16-12(8-14)10-19-20-16/h2-8,10-11,18H,9H2,1H3,(H,19,20). The molecule has 0 atom stereocenters. The van der Waals surface area contributed by atoms with Crippen LogP contribution < -0.4 is 5.32 Å². The normalized spacial score (nSPS) is 11.3. The minimum absolute atomic E-state index is 0.810. The Labute approximate surface area is 122 Å². The highest BCUT2D eigenvalue weighted by Crippen LogP contribution is 2.22. The van der Waals surface area contributed by atoms with Gasteiger partial charge in [0, 0.05) is 41.8 Å². The lowest BCUT2D eigenvalue weighted by atomic mass is 10.1. The number of aromatic nitrogens is 3. The minimum atomic E-state index is 0.810. The Morgan fingerprint density at radius 3 is 3.05 bits per heavy atom. The molecule has 0 aliphatic carbocycles. The molecule has 0 fully saturated rings. The first-order valence-electron chi connectivity index (χ1n) is 7.01. The van der Waals surface area contributed by atoms with Crippen molar-refractivity contribution in [3.63, 3.8) is 0 Å². The molecule has 0 spiro atoms. The lowest BCUT2D eigenvalue weighted by Crippen LogP contribution is -1.98. The van der Waals surface area contributed by atoms with Crippen molar-refractivity contribution in [2.75, 3.05) is 5.32 Å². The highest BCUT2D eigenvalue weighted by Gasteiger charge is 2.05. The number of benzene rings is 2. The van der Waals surface area contributed by atoms with Gasteiger partial charge in [-0.2, -0.15) is 5.10 Å². The van der Waals surface area contributed by atoms with Gasteiger partial charge >= 0.3 is 0 Å². The maximum atomic E-state index is 4.05. The number of fused-ring (bicyclic) bond motifs is 2. The van der Waals surface area contributed by atoms with Crippen LogP contribution in [0.25, 0.3) is 21.8 Å². The van der Waals surface area contributed by atoms with Crippen LogP contribution in [0.4, 0.5) is 5.69 Å². The monoisotopic (exact) mass is 276 g/mol. The molecule has 4 aromatic rings. The van der Waals surface area contributed by atoms with Gasteiger partial charge in [-0.15, -0.1) is 0 Å². The molecule has 0 radical (unpaired) electrons. The lowest BCUT2D eigenvalue weighted by molar-refractivity contribution is 0.956. The van der Waals surface area contributed by atoms with Gasteiger partial charge in [-0.3, -0.25) is 5.10 Å². The van der Waals surface area contributed by atoms with Crippen LogP contribution >= 0.6 is 0 Å². The van der Waals surface area contributed by atoms with Gasteiger partial charge < -0.3 is 9.88 Å². The van der Waals surface area contributed by atoms with E-state index in [9.17, 15) is 0 Å². The van der Waals surface area contributed by atoms with E-state index in [-0.39, 0.29) is 0 Å². The number of hydrogen-bond donors (Lipinski definition) is 2. The van der Waals surface area contributed by atoms with Crippen LogP contribution in [-0.4, -0.2) is 14.8 Å². The third-order valence-corrected chi connectivity index (χ3v) is 3.90. The molecule has 0 aliphatic rings. The lowest BCUT2D eigenvalue weighted by Gasteiger charge is -2.05. The second-order valence-corrected chi connectivity index (χ2v) is 5.31. The van der Waals surface area contributed by atoms with Crippen LogP contribution in [-0.2, 0) is 13.6 Å². The summed E-state index contributed by atoms with van der Waals surface area (Å²) in [4.78, 5) is 0. The molecule has 4 rings (SSSR count). The molecule has 0 unspecified atom stereocenters. The van der Waals surface area contributed by atoms with E-state index in [4.69, 9.17) is 0 Å². The van der Waals surface area contributed by atoms with Crippen LogP contribution in [0.2, 0.25) is 0 Å². The summed E-state index contributed by atoms with van der Waals surface area (Å²) < 4.78 is 2.17. The van der Waals surface area contributed by atoms with Crippen LogP contribution in [0.15, 0.2) is 54.9 Å². The molecule has 0 aliphatic heterocycles. The predicted molar refractivity (Wildman–Crippen MR) is 86.3 cm³/mol. The zero-order valence-electron chi connectivity index (χ0n) is 11.8. The van der Waals surface area contributed by atoms with E-state index in [1.165, 1.54) is 16.5 Å². The van der Waals surface area contributed by atoms with Crippen molar-refractivity contribution in [2.45, 2.75) is 6.54 Å². The van der Waals surface area contributed by atoms with E-state index in [0.29, 0.717) is 0 Å². The maximum absolute atomic E-state index is 4.05. The quantitative estimate of drug-likeness (QED) is 0.599. The number of H-pyrrole nitrogens is 1. The molecule has 0 saturated carbocycles. The van der Waals surface area contributed by atoms with Crippen molar-refractivity contribution in [1.29, 1.82) is 0 Å². The maximum Gasteiger partial charge on any atom is 0.0651 e. The average Bonchev–Trinajstić information content (AvgIpc) is 3.10. The number of nitrogens with one attached hydrogen (secondary N) is 2. The Hall–Kier alpha value is -2.75. The van der Waals surface area contributed by atoms with Gasteiger partial charge in [0.25, 0.3) is 0 Å². The van der Waals surface area contributed by atoms with Gasteiger partial charge in [0.05, 0.1) is 11.7 Å². The van der Waals surface area contributed by atoms with Crippen LogP contribution in [0.1, 0.15) is 5.56 Å². The largest absolute Gasteiger partial charge is 0.381 e. The number of rotatable bonds is 3. The van der Waals surface area contributed by atoms with Gasteiger partial charge in [-0.25, -0.2) is 0 Å². The zero-order chi connectivity index (χ0) is 14.2. The van der Waals surface area contributed by atoms with E-state index in [0.717, 1.165) is 23.1 Å². The predicted octanol–water partition coefficient (Wildman–Crippen LogP) is 3.67. The fourth-order valence-electron chi connectivity index (χ4n) is 2.82. The van der Waals surface area contributed by atoms with Crippen molar-refractivity contribution >= 4 is 27.5 Å². The van der Waals surface area contributed by atoms with Crippen molar-refractivity contribution in [3.8, 4) is 0 Å². The number of anilines is 1. The van der Waals surface area contributed by atoms with Gasteiger partial charge in [0.2, 0.25) is 0 Å². The summed E-state index contributed by atoms with van der Waals surface area (Å²) >= 11 is 0. The first kappa shape index (κ1) is 12.0. The summed E-state index contributed by atoms with van der Waals surface area (Å²) in [5.41, 5.74) is 4.74.